The Morgan fingerprint density at radius 1 is 0.941 bits per heavy atom. The van der Waals surface area contributed by atoms with E-state index in [0.29, 0.717) is 22.9 Å². The van der Waals surface area contributed by atoms with Crippen molar-refractivity contribution >= 4 is 43.3 Å². The van der Waals surface area contributed by atoms with E-state index in [0.717, 1.165) is 0 Å². The summed E-state index contributed by atoms with van der Waals surface area (Å²) in [5.74, 6) is 0. The largest absolute Gasteiger partial charge is 0.487 e. The highest BCUT2D eigenvalue weighted by molar-refractivity contribution is 7.80. The summed E-state index contributed by atoms with van der Waals surface area (Å²) >= 11 is 9.37. The van der Waals surface area contributed by atoms with Crippen molar-refractivity contribution in [2.45, 2.75) is 38.8 Å². The quantitative estimate of drug-likeness (QED) is 0.293. The van der Waals surface area contributed by atoms with E-state index in [9.17, 15) is 8.22 Å². The molecular weight excluding hydrogens is 282 g/mol. The van der Waals surface area contributed by atoms with Crippen LogP contribution in [0.25, 0.3) is 0 Å². The first kappa shape index (κ1) is 16.9. The van der Waals surface area contributed by atoms with E-state index >= 15 is 0 Å². The van der Waals surface area contributed by atoms with Crippen LogP contribution in [-0.2, 0) is 9.47 Å². The zero-order chi connectivity index (χ0) is 13.3. The molecule has 0 aliphatic carbocycles. The standard InChI is InChI=1S/C10H18F2O2S2Si/c1-9(15)13-5-3-7-17(11,12)8-4-6-14-10(2)16/h3-8H2,1-2H3. The monoisotopic (exact) mass is 300 g/mol. The van der Waals surface area contributed by atoms with Crippen LogP contribution in [0.4, 0.5) is 8.22 Å². The Kier molecular flexibility index (Phi) is 8.80. The molecule has 17 heavy (non-hydrogen) atoms. The first-order valence-corrected chi connectivity index (χ1v) is 8.47. The van der Waals surface area contributed by atoms with Gasteiger partial charge in [-0.2, -0.15) is 0 Å². The molecule has 0 saturated carbocycles. The number of hydrogen-bond donors (Lipinski definition) is 0. The molecule has 0 saturated heterocycles. The predicted molar refractivity (Wildman–Crippen MR) is 75.3 cm³/mol. The van der Waals surface area contributed by atoms with Crippen molar-refractivity contribution in [3.63, 3.8) is 0 Å². The summed E-state index contributed by atoms with van der Waals surface area (Å²) in [6.07, 6.45) is 0.723. The maximum absolute atomic E-state index is 13.4. The van der Waals surface area contributed by atoms with Gasteiger partial charge in [0.05, 0.1) is 13.2 Å². The van der Waals surface area contributed by atoms with Crippen LogP contribution >= 0.6 is 24.4 Å². The second-order valence-electron chi connectivity index (χ2n) is 3.74. The maximum atomic E-state index is 13.4. The Morgan fingerprint density at radius 2 is 1.29 bits per heavy atom. The summed E-state index contributed by atoms with van der Waals surface area (Å²) in [6, 6.07) is -0.0988. The lowest BCUT2D eigenvalue weighted by molar-refractivity contribution is 0.302. The molecule has 0 unspecified atom stereocenters. The van der Waals surface area contributed by atoms with Gasteiger partial charge in [0.25, 0.3) is 0 Å². The molecule has 0 heterocycles. The van der Waals surface area contributed by atoms with E-state index in [4.69, 9.17) is 9.47 Å². The van der Waals surface area contributed by atoms with Crippen LogP contribution in [0.2, 0.25) is 12.1 Å². The molecule has 0 aromatic heterocycles. The second kappa shape index (κ2) is 8.88. The Labute approximate surface area is 113 Å². The minimum atomic E-state index is -4.09. The lowest BCUT2D eigenvalue weighted by Crippen LogP contribution is -2.23. The minimum absolute atomic E-state index is 0.0494. The maximum Gasteiger partial charge on any atom is 0.425 e. The van der Waals surface area contributed by atoms with E-state index in [1.807, 2.05) is 0 Å². The Bertz CT molecular complexity index is 239. The molecule has 0 spiro atoms. The van der Waals surface area contributed by atoms with Gasteiger partial charge in [-0.1, -0.05) is 0 Å². The van der Waals surface area contributed by atoms with Crippen molar-refractivity contribution in [3.05, 3.63) is 0 Å². The Balaban J connectivity index is 3.57. The van der Waals surface area contributed by atoms with Gasteiger partial charge in [0.1, 0.15) is 0 Å². The molecule has 0 fully saturated rings. The van der Waals surface area contributed by atoms with Crippen molar-refractivity contribution in [2.24, 2.45) is 0 Å². The summed E-state index contributed by atoms with van der Waals surface area (Å²) in [6.45, 7) is 3.84. The van der Waals surface area contributed by atoms with E-state index < -0.39 is 8.74 Å². The van der Waals surface area contributed by atoms with Crippen molar-refractivity contribution < 1.29 is 17.7 Å². The third kappa shape index (κ3) is 12.1. The number of rotatable bonds is 8. The molecule has 0 aromatic rings. The highest BCUT2D eigenvalue weighted by Gasteiger charge is 2.33. The lowest BCUT2D eigenvalue weighted by atomic mass is 10.5. The summed E-state index contributed by atoms with van der Waals surface area (Å²) in [5.41, 5.74) is 0. The molecule has 100 valence electrons. The number of ether oxygens (including phenoxy) is 2. The van der Waals surface area contributed by atoms with Crippen molar-refractivity contribution in [1.82, 2.24) is 0 Å². The van der Waals surface area contributed by atoms with Crippen molar-refractivity contribution in [1.29, 1.82) is 0 Å². The van der Waals surface area contributed by atoms with Crippen LogP contribution in [-0.4, -0.2) is 32.1 Å². The van der Waals surface area contributed by atoms with Crippen LogP contribution < -0.4 is 0 Å². The first-order valence-electron chi connectivity index (χ1n) is 5.48. The van der Waals surface area contributed by atoms with Crippen LogP contribution in [0.5, 0.6) is 0 Å². The van der Waals surface area contributed by atoms with E-state index in [1.54, 1.807) is 13.8 Å². The molecule has 0 rings (SSSR count). The van der Waals surface area contributed by atoms with Crippen molar-refractivity contribution in [2.75, 3.05) is 13.2 Å². The van der Waals surface area contributed by atoms with Crippen LogP contribution in [0.15, 0.2) is 0 Å². The molecule has 0 amide bonds. The van der Waals surface area contributed by atoms with Crippen molar-refractivity contribution in [3.8, 4) is 0 Å². The average Bonchev–Trinajstić information content (AvgIpc) is 2.19. The number of hydrogen-bond acceptors (Lipinski definition) is 4. The van der Waals surface area contributed by atoms with Gasteiger partial charge in [-0.05, 0) is 37.3 Å². The number of halogens is 2. The molecule has 0 aliphatic rings. The van der Waals surface area contributed by atoms with Crippen LogP contribution in [0.1, 0.15) is 26.7 Å². The van der Waals surface area contributed by atoms with E-state index in [-0.39, 0.29) is 25.3 Å². The first-order chi connectivity index (χ1) is 7.83. The second-order valence-corrected chi connectivity index (χ2v) is 7.60. The lowest BCUT2D eigenvalue weighted by Gasteiger charge is -2.13. The fourth-order valence-corrected chi connectivity index (χ4v) is 2.96. The van der Waals surface area contributed by atoms with Gasteiger partial charge >= 0.3 is 8.74 Å². The van der Waals surface area contributed by atoms with Gasteiger partial charge in [0.15, 0.2) is 10.1 Å². The Hall–Kier alpha value is -0.143. The van der Waals surface area contributed by atoms with Crippen LogP contribution in [0, 0.1) is 0 Å². The highest BCUT2D eigenvalue weighted by atomic mass is 32.1. The van der Waals surface area contributed by atoms with Gasteiger partial charge in [0.2, 0.25) is 0 Å². The molecule has 0 aliphatic heterocycles. The topological polar surface area (TPSA) is 18.5 Å². The molecule has 0 radical (unpaired) electrons. The third-order valence-corrected chi connectivity index (χ3v) is 4.39. The predicted octanol–water partition coefficient (Wildman–Crippen LogP) is 3.88. The highest BCUT2D eigenvalue weighted by Crippen LogP contribution is 2.22. The summed E-state index contributed by atoms with van der Waals surface area (Å²) in [4.78, 5) is 0. The molecule has 2 nitrogen and oxygen atoms in total. The Morgan fingerprint density at radius 3 is 1.59 bits per heavy atom. The van der Waals surface area contributed by atoms with Crippen LogP contribution in [0.3, 0.4) is 0 Å². The molecule has 0 aromatic carbocycles. The third-order valence-electron chi connectivity index (χ3n) is 1.98. The molecule has 7 heteroatoms. The fraction of sp³-hybridized carbons (Fsp3) is 0.800. The smallest absolute Gasteiger partial charge is 0.425 e. The zero-order valence-corrected chi connectivity index (χ0v) is 12.8. The zero-order valence-electron chi connectivity index (χ0n) is 10.1. The van der Waals surface area contributed by atoms with Gasteiger partial charge in [0, 0.05) is 25.9 Å². The minimum Gasteiger partial charge on any atom is -0.487 e. The van der Waals surface area contributed by atoms with E-state index in [1.165, 1.54) is 0 Å². The van der Waals surface area contributed by atoms with Gasteiger partial charge in [-0.25, -0.2) is 0 Å². The van der Waals surface area contributed by atoms with Gasteiger partial charge in [-0.3, -0.25) is 8.22 Å². The summed E-state index contributed by atoms with van der Waals surface area (Å²) in [7, 11) is -4.09. The average molecular weight is 300 g/mol. The van der Waals surface area contributed by atoms with Gasteiger partial charge < -0.3 is 9.47 Å². The SMILES string of the molecule is CC(=S)OCCC[Si](F)(F)CCCOC(C)=S. The fourth-order valence-electron chi connectivity index (χ4n) is 1.22. The van der Waals surface area contributed by atoms with Gasteiger partial charge in [-0.15, -0.1) is 0 Å². The summed E-state index contributed by atoms with van der Waals surface area (Å²) < 4.78 is 36.8. The normalized spacial score (nSPS) is 11.1. The molecular formula is C10H18F2O2S2Si. The molecule has 0 bridgehead atoms. The molecule has 0 atom stereocenters. The molecule has 0 N–H and O–H groups in total. The van der Waals surface area contributed by atoms with E-state index in [2.05, 4.69) is 24.4 Å². The number of thiocarbonyl (C=S) groups is 2. The summed E-state index contributed by atoms with van der Waals surface area (Å²) in [5, 5.41) is 0.805.